The van der Waals surface area contributed by atoms with Gasteiger partial charge in [-0.05, 0) is 11.1 Å². The molecule has 0 aliphatic carbocycles. The Balaban J connectivity index is 1.87. The predicted octanol–water partition coefficient (Wildman–Crippen LogP) is 3.89. The van der Waals surface area contributed by atoms with Crippen LogP contribution < -0.4 is 0 Å². The van der Waals surface area contributed by atoms with Gasteiger partial charge in [-0.3, -0.25) is 0 Å². The Labute approximate surface area is 120 Å². The lowest BCUT2D eigenvalue weighted by Gasteiger charge is -2.38. The molecule has 1 fully saturated rings. The zero-order valence-electron chi connectivity index (χ0n) is 11.6. The Kier molecular flexibility index (Phi) is 3.86. The largest absolute Gasteiger partial charge is 0.393 e. The normalized spacial score (nSPS) is 30.1. The summed E-state index contributed by atoms with van der Waals surface area (Å²) < 4.78 is 6.28. The van der Waals surface area contributed by atoms with Crippen LogP contribution in [0.4, 0.5) is 0 Å². The van der Waals surface area contributed by atoms with Gasteiger partial charge in [-0.2, -0.15) is 0 Å². The average Bonchev–Trinajstić information content (AvgIpc) is 2.51. The van der Waals surface area contributed by atoms with Crippen LogP contribution >= 0.6 is 0 Å². The molecule has 1 N–H and O–H groups in total. The van der Waals surface area contributed by atoms with Crippen LogP contribution in [0.3, 0.4) is 0 Å². The molecular weight excluding hydrogens is 248 g/mol. The number of hydrogen-bond acceptors (Lipinski definition) is 2. The molecule has 0 unspecified atom stereocenters. The number of hydrogen-bond donors (Lipinski definition) is 1. The van der Waals surface area contributed by atoms with Gasteiger partial charge in [-0.15, -0.1) is 0 Å². The van der Waals surface area contributed by atoms with Gasteiger partial charge in [-0.25, -0.2) is 0 Å². The highest BCUT2D eigenvalue weighted by molar-refractivity contribution is 5.22. The first-order valence-electron chi connectivity index (χ1n) is 7.19. The molecule has 1 saturated heterocycles. The Morgan fingerprint density at radius 1 is 0.900 bits per heavy atom. The molecule has 0 amide bonds. The van der Waals surface area contributed by atoms with Crippen molar-refractivity contribution in [1.82, 2.24) is 0 Å². The predicted molar refractivity (Wildman–Crippen MR) is 79.2 cm³/mol. The zero-order valence-corrected chi connectivity index (χ0v) is 11.6. The molecule has 4 atom stereocenters. The molecule has 1 aliphatic heterocycles. The van der Waals surface area contributed by atoms with Crippen molar-refractivity contribution < 1.29 is 9.84 Å². The van der Waals surface area contributed by atoms with Crippen LogP contribution in [0.25, 0.3) is 0 Å². The smallest absolute Gasteiger partial charge is 0.0883 e. The molecule has 0 radical (unpaired) electrons. The highest BCUT2D eigenvalue weighted by Gasteiger charge is 2.36. The van der Waals surface area contributed by atoms with Crippen molar-refractivity contribution in [3.05, 3.63) is 71.8 Å². The molecule has 1 heterocycles. The van der Waals surface area contributed by atoms with Gasteiger partial charge >= 0.3 is 0 Å². The van der Waals surface area contributed by atoms with Crippen LogP contribution in [-0.2, 0) is 4.74 Å². The third-order valence-corrected chi connectivity index (χ3v) is 4.15. The summed E-state index contributed by atoms with van der Waals surface area (Å²) in [5, 5.41) is 10.4. The summed E-state index contributed by atoms with van der Waals surface area (Å²) >= 11 is 0. The van der Waals surface area contributed by atoms with Gasteiger partial charge in [0.25, 0.3) is 0 Å². The molecule has 2 heteroatoms. The van der Waals surface area contributed by atoms with E-state index in [0.29, 0.717) is 6.42 Å². The summed E-state index contributed by atoms with van der Waals surface area (Å²) in [5.74, 6) is 0.109. The summed E-state index contributed by atoms with van der Waals surface area (Å²) in [6.45, 7) is 2.06. The molecule has 2 aromatic rings. The highest BCUT2D eigenvalue weighted by atomic mass is 16.5. The Bertz CT molecular complexity index is 538. The Morgan fingerprint density at radius 3 is 2.05 bits per heavy atom. The summed E-state index contributed by atoms with van der Waals surface area (Å²) in [4.78, 5) is 0. The third kappa shape index (κ3) is 2.62. The first-order chi connectivity index (χ1) is 9.75. The van der Waals surface area contributed by atoms with Crippen LogP contribution in [-0.4, -0.2) is 11.2 Å². The zero-order chi connectivity index (χ0) is 13.9. The average molecular weight is 268 g/mol. The van der Waals surface area contributed by atoms with E-state index in [9.17, 15) is 5.11 Å². The number of aliphatic hydroxyl groups excluding tert-OH is 1. The Morgan fingerprint density at radius 2 is 1.45 bits per heavy atom. The maximum atomic E-state index is 10.4. The van der Waals surface area contributed by atoms with E-state index in [0.717, 1.165) is 11.1 Å². The van der Waals surface area contributed by atoms with Crippen LogP contribution in [0.2, 0.25) is 0 Å². The second-order valence-electron chi connectivity index (χ2n) is 5.53. The van der Waals surface area contributed by atoms with E-state index in [4.69, 9.17) is 4.74 Å². The SMILES string of the molecule is C[C@@H]1[C@@H](O)C[C@@H](c2ccccc2)O[C@H]1c1ccccc1. The maximum absolute atomic E-state index is 10.4. The molecule has 20 heavy (non-hydrogen) atoms. The van der Waals surface area contributed by atoms with E-state index >= 15 is 0 Å². The van der Waals surface area contributed by atoms with Crippen molar-refractivity contribution in [2.24, 2.45) is 5.92 Å². The summed E-state index contributed by atoms with van der Waals surface area (Å²) in [6, 6.07) is 20.3. The number of aliphatic hydroxyl groups is 1. The van der Waals surface area contributed by atoms with Crippen molar-refractivity contribution in [1.29, 1.82) is 0 Å². The molecule has 2 nitrogen and oxygen atoms in total. The van der Waals surface area contributed by atoms with Crippen molar-refractivity contribution >= 4 is 0 Å². The van der Waals surface area contributed by atoms with Gasteiger partial charge in [0.1, 0.15) is 0 Å². The minimum Gasteiger partial charge on any atom is -0.393 e. The van der Waals surface area contributed by atoms with E-state index in [2.05, 4.69) is 31.2 Å². The molecule has 0 aromatic heterocycles. The van der Waals surface area contributed by atoms with Crippen molar-refractivity contribution in [2.45, 2.75) is 31.7 Å². The molecule has 2 aromatic carbocycles. The van der Waals surface area contributed by atoms with Gasteiger partial charge in [0.05, 0.1) is 18.3 Å². The molecule has 0 bridgehead atoms. The van der Waals surface area contributed by atoms with Gasteiger partial charge in [0.15, 0.2) is 0 Å². The second-order valence-corrected chi connectivity index (χ2v) is 5.53. The summed E-state index contributed by atoms with van der Waals surface area (Å²) in [6.07, 6.45) is 0.242. The van der Waals surface area contributed by atoms with Crippen LogP contribution in [0.1, 0.15) is 36.7 Å². The monoisotopic (exact) mass is 268 g/mol. The lowest BCUT2D eigenvalue weighted by Crippen LogP contribution is -2.34. The summed E-state index contributed by atoms with van der Waals surface area (Å²) in [7, 11) is 0. The van der Waals surface area contributed by atoms with Crippen LogP contribution in [0, 0.1) is 5.92 Å². The molecule has 1 aliphatic rings. The first-order valence-corrected chi connectivity index (χ1v) is 7.19. The molecule has 0 saturated carbocycles. The minimum atomic E-state index is -0.334. The lowest BCUT2D eigenvalue weighted by molar-refractivity contribution is -0.135. The van der Waals surface area contributed by atoms with Gasteiger partial charge in [0, 0.05) is 12.3 Å². The fourth-order valence-corrected chi connectivity index (χ4v) is 2.90. The topological polar surface area (TPSA) is 29.5 Å². The van der Waals surface area contributed by atoms with E-state index in [1.54, 1.807) is 0 Å². The molecule has 104 valence electrons. The van der Waals surface area contributed by atoms with E-state index in [1.165, 1.54) is 0 Å². The van der Waals surface area contributed by atoms with Crippen molar-refractivity contribution in [2.75, 3.05) is 0 Å². The molecule has 3 rings (SSSR count). The minimum absolute atomic E-state index is 0.0346. The van der Waals surface area contributed by atoms with E-state index in [-0.39, 0.29) is 24.2 Å². The maximum Gasteiger partial charge on any atom is 0.0883 e. The van der Waals surface area contributed by atoms with E-state index < -0.39 is 0 Å². The summed E-state index contributed by atoms with van der Waals surface area (Å²) in [5.41, 5.74) is 2.28. The number of benzene rings is 2. The van der Waals surface area contributed by atoms with Gasteiger partial charge < -0.3 is 9.84 Å². The van der Waals surface area contributed by atoms with Crippen molar-refractivity contribution in [3.63, 3.8) is 0 Å². The van der Waals surface area contributed by atoms with Crippen LogP contribution in [0.5, 0.6) is 0 Å². The fraction of sp³-hybridized carbons (Fsp3) is 0.333. The second kappa shape index (κ2) is 5.78. The number of rotatable bonds is 2. The fourth-order valence-electron chi connectivity index (χ4n) is 2.90. The first kappa shape index (κ1) is 13.3. The standard InChI is InChI=1S/C18H20O2/c1-13-16(19)12-17(14-8-4-2-5-9-14)20-18(13)15-10-6-3-7-11-15/h2-11,13,16-19H,12H2,1H3/t13-,16+,17+,18-/m1/s1. The van der Waals surface area contributed by atoms with Crippen LogP contribution in [0.15, 0.2) is 60.7 Å². The highest BCUT2D eigenvalue weighted by Crippen LogP contribution is 2.42. The van der Waals surface area contributed by atoms with Crippen molar-refractivity contribution in [3.8, 4) is 0 Å². The molecule has 0 spiro atoms. The lowest BCUT2D eigenvalue weighted by atomic mass is 9.85. The van der Waals surface area contributed by atoms with E-state index in [1.807, 2.05) is 36.4 Å². The Hall–Kier alpha value is -1.64. The van der Waals surface area contributed by atoms with Gasteiger partial charge in [-0.1, -0.05) is 67.6 Å². The number of ether oxygens (including phenoxy) is 1. The molecular formula is C18H20O2. The quantitative estimate of drug-likeness (QED) is 0.895. The van der Waals surface area contributed by atoms with Gasteiger partial charge in [0.2, 0.25) is 0 Å². The third-order valence-electron chi connectivity index (χ3n) is 4.15.